The summed E-state index contributed by atoms with van der Waals surface area (Å²) in [5.74, 6) is 0.236. The number of carbonyl (C=O) groups excluding carboxylic acids is 1. The van der Waals surface area contributed by atoms with E-state index in [0.717, 1.165) is 23.8 Å². The number of hydrogen-bond acceptors (Lipinski definition) is 4. The highest BCUT2D eigenvalue weighted by molar-refractivity contribution is 8.00. The van der Waals surface area contributed by atoms with Gasteiger partial charge >= 0.3 is 0 Å². The Labute approximate surface area is 161 Å². The molecule has 0 bridgehead atoms. The molecule has 2 aromatic rings. The molecule has 5 nitrogen and oxygen atoms in total. The Morgan fingerprint density at radius 2 is 2.08 bits per heavy atom. The molecule has 1 heterocycles. The molecule has 3 rings (SSSR count). The van der Waals surface area contributed by atoms with E-state index in [4.69, 9.17) is 11.6 Å². The lowest BCUT2D eigenvalue weighted by Gasteiger charge is -2.25. The van der Waals surface area contributed by atoms with Crippen LogP contribution in [0, 0.1) is 12.7 Å². The monoisotopic (exact) mass is 396 g/mol. The highest BCUT2D eigenvalue weighted by Crippen LogP contribution is 2.34. The summed E-state index contributed by atoms with van der Waals surface area (Å²) in [6.07, 6.45) is 5.95. The van der Waals surface area contributed by atoms with Crippen molar-refractivity contribution >= 4 is 35.0 Å². The molecule has 140 valence electrons. The first-order valence-electron chi connectivity index (χ1n) is 8.80. The Kier molecular flexibility index (Phi) is 6.19. The molecule has 0 spiro atoms. The van der Waals surface area contributed by atoms with Crippen LogP contribution in [0.5, 0.6) is 0 Å². The maximum Gasteiger partial charge on any atom is 0.237 e. The zero-order chi connectivity index (χ0) is 18.7. The van der Waals surface area contributed by atoms with Crippen LogP contribution in [-0.4, -0.2) is 25.9 Å². The minimum absolute atomic E-state index is 0.178. The second-order valence-electron chi connectivity index (χ2n) is 6.57. The summed E-state index contributed by atoms with van der Waals surface area (Å²) < 4.78 is 15.3. The fourth-order valence-corrected chi connectivity index (χ4v) is 4.41. The van der Waals surface area contributed by atoms with Gasteiger partial charge in [-0.25, -0.2) is 4.39 Å². The van der Waals surface area contributed by atoms with Crippen LogP contribution in [-0.2, 0) is 4.79 Å². The molecule has 0 saturated heterocycles. The predicted octanol–water partition coefficient (Wildman–Crippen LogP) is 5.00. The molecular weight excluding hydrogens is 375 g/mol. The fraction of sp³-hybridized carbons (Fsp3) is 0.500. The van der Waals surface area contributed by atoms with Crippen molar-refractivity contribution in [2.75, 3.05) is 5.32 Å². The fourth-order valence-electron chi connectivity index (χ4n) is 3.23. The van der Waals surface area contributed by atoms with E-state index in [2.05, 4.69) is 20.1 Å². The summed E-state index contributed by atoms with van der Waals surface area (Å²) in [5.41, 5.74) is 0.399. The van der Waals surface area contributed by atoms with Crippen LogP contribution in [0.1, 0.15) is 50.9 Å². The van der Waals surface area contributed by atoms with Gasteiger partial charge in [-0.3, -0.25) is 4.79 Å². The minimum Gasteiger partial charge on any atom is -0.324 e. The molecule has 1 aliphatic carbocycles. The molecule has 1 atom stereocenters. The van der Waals surface area contributed by atoms with Crippen molar-refractivity contribution in [2.24, 2.45) is 0 Å². The van der Waals surface area contributed by atoms with Gasteiger partial charge in [0, 0.05) is 6.04 Å². The summed E-state index contributed by atoms with van der Waals surface area (Å²) in [6.45, 7) is 3.77. The van der Waals surface area contributed by atoms with E-state index < -0.39 is 5.82 Å². The topological polar surface area (TPSA) is 59.8 Å². The van der Waals surface area contributed by atoms with E-state index in [1.165, 1.54) is 49.2 Å². The van der Waals surface area contributed by atoms with Crippen molar-refractivity contribution in [3.05, 3.63) is 34.9 Å². The van der Waals surface area contributed by atoms with Gasteiger partial charge < -0.3 is 9.88 Å². The highest BCUT2D eigenvalue weighted by atomic mass is 35.5. The number of halogens is 2. The molecule has 1 aromatic heterocycles. The molecule has 1 aromatic carbocycles. The third-order valence-electron chi connectivity index (χ3n) is 4.62. The lowest BCUT2D eigenvalue weighted by Crippen LogP contribution is -2.24. The van der Waals surface area contributed by atoms with Crippen LogP contribution in [0.2, 0.25) is 5.02 Å². The van der Waals surface area contributed by atoms with Gasteiger partial charge in [0.2, 0.25) is 5.91 Å². The van der Waals surface area contributed by atoms with E-state index in [0.29, 0.717) is 11.7 Å². The molecule has 1 fully saturated rings. The zero-order valence-corrected chi connectivity index (χ0v) is 16.4. The van der Waals surface area contributed by atoms with Gasteiger partial charge in [-0.2, -0.15) is 0 Å². The van der Waals surface area contributed by atoms with Gasteiger partial charge in [0.1, 0.15) is 11.6 Å². The molecule has 0 unspecified atom stereocenters. The number of rotatable bonds is 5. The van der Waals surface area contributed by atoms with Crippen LogP contribution >= 0.6 is 23.4 Å². The number of anilines is 1. The Balaban J connectivity index is 1.69. The van der Waals surface area contributed by atoms with Crippen LogP contribution in [0.4, 0.5) is 10.1 Å². The van der Waals surface area contributed by atoms with Gasteiger partial charge in [-0.1, -0.05) is 42.6 Å². The number of hydrogen-bond donors (Lipinski definition) is 1. The second-order valence-corrected chi connectivity index (χ2v) is 8.28. The number of aromatic nitrogens is 3. The third kappa shape index (κ3) is 4.38. The number of nitrogens with one attached hydrogen (secondary N) is 1. The third-order valence-corrected chi connectivity index (χ3v) is 5.98. The van der Waals surface area contributed by atoms with Gasteiger partial charge in [0.25, 0.3) is 0 Å². The van der Waals surface area contributed by atoms with Gasteiger partial charge in [0.15, 0.2) is 5.16 Å². The molecule has 0 radical (unpaired) electrons. The van der Waals surface area contributed by atoms with Crippen LogP contribution in [0.3, 0.4) is 0 Å². The number of carbonyl (C=O) groups is 1. The van der Waals surface area contributed by atoms with Crippen molar-refractivity contribution < 1.29 is 9.18 Å². The van der Waals surface area contributed by atoms with Crippen molar-refractivity contribution in [3.8, 4) is 0 Å². The predicted molar refractivity (Wildman–Crippen MR) is 102 cm³/mol. The van der Waals surface area contributed by atoms with Gasteiger partial charge in [-0.05, 0) is 44.9 Å². The average Bonchev–Trinajstić information content (AvgIpc) is 2.98. The van der Waals surface area contributed by atoms with E-state index >= 15 is 0 Å². The summed E-state index contributed by atoms with van der Waals surface area (Å²) in [7, 11) is 0. The lowest BCUT2D eigenvalue weighted by molar-refractivity contribution is -0.115. The number of aryl methyl sites for hydroxylation is 1. The highest BCUT2D eigenvalue weighted by Gasteiger charge is 2.24. The Morgan fingerprint density at radius 3 is 2.77 bits per heavy atom. The first-order valence-corrected chi connectivity index (χ1v) is 10.1. The van der Waals surface area contributed by atoms with E-state index in [-0.39, 0.29) is 16.2 Å². The molecule has 1 amide bonds. The standard InChI is InChI=1S/C18H22ClFN4OS/c1-11(17(25)21-16-9-8-13(20)10-15(16)19)26-18-23-22-12(2)24(18)14-6-4-3-5-7-14/h8-11,14H,3-7H2,1-2H3,(H,21,25)/t11-/m1/s1. The number of benzene rings is 1. The molecular formula is C18H22ClFN4OS. The largest absolute Gasteiger partial charge is 0.324 e. The van der Waals surface area contributed by atoms with Crippen molar-refractivity contribution in [1.29, 1.82) is 0 Å². The summed E-state index contributed by atoms with van der Waals surface area (Å²) in [4.78, 5) is 12.5. The SMILES string of the molecule is Cc1nnc(S[C@H](C)C(=O)Nc2ccc(F)cc2Cl)n1C1CCCCC1. The minimum atomic E-state index is -0.438. The maximum atomic E-state index is 13.1. The lowest BCUT2D eigenvalue weighted by atomic mass is 9.95. The molecule has 0 aliphatic heterocycles. The first kappa shape index (κ1) is 19.2. The summed E-state index contributed by atoms with van der Waals surface area (Å²) in [5, 5.41) is 11.8. The molecule has 8 heteroatoms. The molecule has 1 aliphatic rings. The zero-order valence-electron chi connectivity index (χ0n) is 14.8. The number of thioether (sulfide) groups is 1. The normalized spacial score (nSPS) is 16.5. The summed E-state index contributed by atoms with van der Waals surface area (Å²) >= 11 is 7.36. The first-order chi connectivity index (χ1) is 12.5. The van der Waals surface area contributed by atoms with Crippen molar-refractivity contribution in [1.82, 2.24) is 14.8 Å². The average molecular weight is 397 g/mol. The summed E-state index contributed by atoms with van der Waals surface area (Å²) in [6, 6.07) is 4.31. The molecule has 1 N–H and O–H groups in total. The van der Waals surface area contributed by atoms with Crippen molar-refractivity contribution in [2.45, 2.75) is 62.4 Å². The smallest absolute Gasteiger partial charge is 0.237 e. The van der Waals surface area contributed by atoms with Gasteiger partial charge in [0.05, 0.1) is 16.0 Å². The van der Waals surface area contributed by atoms with Gasteiger partial charge in [-0.15, -0.1) is 10.2 Å². The van der Waals surface area contributed by atoms with Crippen LogP contribution in [0.25, 0.3) is 0 Å². The van der Waals surface area contributed by atoms with E-state index in [1.807, 2.05) is 13.8 Å². The quantitative estimate of drug-likeness (QED) is 0.722. The Morgan fingerprint density at radius 1 is 1.35 bits per heavy atom. The van der Waals surface area contributed by atoms with Crippen molar-refractivity contribution in [3.63, 3.8) is 0 Å². The number of amides is 1. The van der Waals surface area contributed by atoms with E-state index in [9.17, 15) is 9.18 Å². The van der Waals surface area contributed by atoms with Crippen LogP contribution in [0.15, 0.2) is 23.4 Å². The Bertz CT molecular complexity index is 791. The Hall–Kier alpha value is -1.60. The second kappa shape index (κ2) is 8.39. The molecule has 26 heavy (non-hydrogen) atoms. The number of nitrogens with zero attached hydrogens (tertiary/aromatic N) is 3. The molecule has 1 saturated carbocycles. The maximum absolute atomic E-state index is 13.1. The van der Waals surface area contributed by atoms with E-state index in [1.54, 1.807) is 0 Å². The van der Waals surface area contributed by atoms with Crippen LogP contribution < -0.4 is 5.32 Å².